The number of nitrogens with zero attached hydrogens (tertiary/aromatic N) is 2. The van der Waals surface area contributed by atoms with Gasteiger partial charge in [-0.2, -0.15) is 0 Å². The van der Waals surface area contributed by atoms with E-state index >= 15 is 0 Å². The predicted octanol–water partition coefficient (Wildman–Crippen LogP) is 3.78. The Morgan fingerprint density at radius 1 is 1.14 bits per heavy atom. The van der Waals surface area contributed by atoms with Gasteiger partial charge in [0.05, 0.1) is 34.0 Å². The molecule has 0 amide bonds. The Labute approximate surface area is 130 Å². The first kappa shape index (κ1) is 13.3. The highest BCUT2D eigenvalue weighted by Gasteiger charge is 2.17. The number of H-pyrrole nitrogens is 1. The maximum atomic E-state index is 4.85. The lowest BCUT2D eigenvalue weighted by atomic mass is 10.0. The number of rotatable bonds is 2. The fourth-order valence-corrected chi connectivity index (χ4v) is 3.08. The van der Waals surface area contributed by atoms with Gasteiger partial charge in [-0.3, -0.25) is 4.98 Å². The monoisotopic (exact) mass is 292 g/mol. The van der Waals surface area contributed by atoms with E-state index in [1.165, 1.54) is 16.9 Å². The van der Waals surface area contributed by atoms with Gasteiger partial charge in [0.1, 0.15) is 5.82 Å². The molecule has 1 aliphatic rings. The van der Waals surface area contributed by atoms with Crippen molar-refractivity contribution in [3.63, 3.8) is 0 Å². The molecule has 1 aliphatic heterocycles. The van der Waals surface area contributed by atoms with Gasteiger partial charge in [-0.25, -0.2) is 4.98 Å². The third kappa shape index (κ3) is 2.25. The van der Waals surface area contributed by atoms with Gasteiger partial charge in [-0.1, -0.05) is 6.07 Å². The summed E-state index contributed by atoms with van der Waals surface area (Å²) in [6, 6.07) is 10.6. The van der Waals surface area contributed by atoms with E-state index in [9.17, 15) is 0 Å². The highest BCUT2D eigenvalue weighted by Crippen LogP contribution is 2.27. The molecule has 0 bridgehead atoms. The van der Waals surface area contributed by atoms with Crippen molar-refractivity contribution in [3.8, 4) is 0 Å². The zero-order chi connectivity index (χ0) is 15.1. The lowest BCUT2D eigenvalue weighted by molar-refractivity contribution is 0.759. The number of benzene rings is 1. The van der Waals surface area contributed by atoms with E-state index < -0.39 is 0 Å². The molecule has 112 valence electrons. The molecule has 0 aliphatic carbocycles. The Kier molecular flexibility index (Phi) is 3.10. The van der Waals surface area contributed by atoms with Crippen LogP contribution in [0.15, 0.2) is 30.3 Å². The van der Waals surface area contributed by atoms with Gasteiger partial charge in [-0.15, -0.1) is 0 Å². The molecule has 4 heteroatoms. The lowest BCUT2D eigenvalue weighted by Gasteiger charge is -2.19. The molecule has 3 aromatic rings. The number of hydrogen-bond acceptors (Lipinski definition) is 3. The molecule has 2 N–H and O–H groups in total. The van der Waals surface area contributed by atoms with E-state index in [-0.39, 0.29) is 5.92 Å². The Bertz CT molecular complexity index is 834. The van der Waals surface area contributed by atoms with Crippen molar-refractivity contribution < 1.29 is 0 Å². The van der Waals surface area contributed by atoms with E-state index in [2.05, 4.69) is 54.5 Å². The van der Waals surface area contributed by atoms with Crippen molar-refractivity contribution in [2.45, 2.75) is 32.6 Å². The van der Waals surface area contributed by atoms with Gasteiger partial charge >= 0.3 is 0 Å². The van der Waals surface area contributed by atoms with Gasteiger partial charge in [0, 0.05) is 6.54 Å². The van der Waals surface area contributed by atoms with Crippen molar-refractivity contribution in [2.24, 2.45) is 0 Å². The number of hydrogen-bond donors (Lipinski definition) is 2. The Morgan fingerprint density at radius 2 is 2.05 bits per heavy atom. The number of pyridine rings is 1. The van der Waals surface area contributed by atoms with Gasteiger partial charge in [-0.05, 0) is 56.5 Å². The number of nitrogens with one attached hydrogen (secondary N) is 2. The molecular formula is C18H20N4. The highest BCUT2D eigenvalue weighted by atomic mass is 14.9. The molecular weight excluding hydrogens is 272 g/mol. The normalized spacial score (nSPS) is 15.4. The summed E-state index contributed by atoms with van der Waals surface area (Å²) < 4.78 is 0. The molecule has 4 nitrogen and oxygen atoms in total. The number of imidazole rings is 1. The molecule has 1 atom stereocenters. The molecule has 3 heterocycles. The topological polar surface area (TPSA) is 53.6 Å². The fourth-order valence-electron chi connectivity index (χ4n) is 3.08. The van der Waals surface area contributed by atoms with Crippen LogP contribution in [0.2, 0.25) is 0 Å². The number of aromatic nitrogens is 3. The van der Waals surface area contributed by atoms with Crippen LogP contribution < -0.4 is 5.32 Å². The molecule has 4 rings (SSSR count). The lowest BCUT2D eigenvalue weighted by Crippen LogP contribution is -2.14. The van der Waals surface area contributed by atoms with E-state index in [1.807, 2.05) is 0 Å². The fraction of sp³-hybridized carbons (Fsp3) is 0.333. The number of fused-ring (bicyclic) bond motifs is 2. The zero-order valence-corrected chi connectivity index (χ0v) is 13.0. The molecule has 0 saturated heterocycles. The van der Waals surface area contributed by atoms with Gasteiger partial charge in [0.15, 0.2) is 0 Å². The standard InChI is InChI=1S/C18H20N4/c1-11-5-6-16-17(10-11)22-18(21-16)12(2)13-7-8-14-15(20-13)4-3-9-19-14/h5-8,10,12,19H,3-4,9H2,1-2H3,(H,21,22). The van der Waals surface area contributed by atoms with Gasteiger partial charge < -0.3 is 10.3 Å². The SMILES string of the molecule is Cc1ccc2nc(C(C)c3ccc4c(n3)CCCN4)[nH]c2c1. The average molecular weight is 292 g/mol. The molecule has 0 saturated carbocycles. The molecule has 1 aromatic carbocycles. The van der Waals surface area contributed by atoms with Gasteiger partial charge in [0.2, 0.25) is 0 Å². The summed E-state index contributed by atoms with van der Waals surface area (Å²) in [6.45, 7) is 5.31. The third-order valence-corrected chi connectivity index (χ3v) is 4.41. The van der Waals surface area contributed by atoms with Gasteiger partial charge in [0.25, 0.3) is 0 Å². The Hall–Kier alpha value is -2.36. The Balaban J connectivity index is 1.71. The second-order valence-corrected chi connectivity index (χ2v) is 6.13. The summed E-state index contributed by atoms with van der Waals surface area (Å²) in [5.74, 6) is 1.15. The summed E-state index contributed by atoms with van der Waals surface area (Å²) in [5, 5.41) is 3.41. The maximum absolute atomic E-state index is 4.85. The van der Waals surface area contributed by atoms with Crippen LogP contribution in [0.5, 0.6) is 0 Å². The van der Waals surface area contributed by atoms with Crippen LogP contribution in [0.3, 0.4) is 0 Å². The van der Waals surface area contributed by atoms with Crippen LogP contribution >= 0.6 is 0 Å². The van der Waals surface area contributed by atoms with Crippen molar-refractivity contribution in [2.75, 3.05) is 11.9 Å². The highest BCUT2D eigenvalue weighted by molar-refractivity contribution is 5.76. The summed E-state index contributed by atoms with van der Waals surface area (Å²) >= 11 is 0. The summed E-state index contributed by atoms with van der Waals surface area (Å²) in [5.41, 5.74) is 6.81. The first-order chi connectivity index (χ1) is 10.7. The predicted molar refractivity (Wildman–Crippen MR) is 89.4 cm³/mol. The van der Waals surface area contributed by atoms with E-state index in [0.29, 0.717) is 0 Å². The first-order valence-electron chi connectivity index (χ1n) is 7.90. The molecule has 0 fully saturated rings. The number of aryl methyl sites for hydroxylation is 2. The third-order valence-electron chi connectivity index (χ3n) is 4.41. The minimum atomic E-state index is 0.167. The van der Waals surface area contributed by atoms with Crippen LogP contribution in [-0.2, 0) is 6.42 Å². The molecule has 2 aromatic heterocycles. The second-order valence-electron chi connectivity index (χ2n) is 6.13. The summed E-state index contributed by atoms with van der Waals surface area (Å²) in [7, 11) is 0. The Morgan fingerprint density at radius 3 is 2.95 bits per heavy atom. The minimum Gasteiger partial charge on any atom is -0.384 e. The van der Waals surface area contributed by atoms with Crippen LogP contribution in [0.4, 0.5) is 5.69 Å². The van der Waals surface area contributed by atoms with E-state index in [0.717, 1.165) is 41.9 Å². The summed E-state index contributed by atoms with van der Waals surface area (Å²) in [4.78, 5) is 13.0. The van der Waals surface area contributed by atoms with Crippen molar-refractivity contribution in [1.82, 2.24) is 15.0 Å². The van der Waals surface area contributed by atoms with Crippen LogP contribution in [0.1, 0.15) is 42.0 Å². The van der Waals surface area contributed by atoms with Crippen LogP contribution in [0.25, 0.3) is 11.0 Å². The van der Waals surface area contributed by atoms with E-state index in [1.54, 1.807) is 0 Å². The minimum absolute atomic E-state index is 0.167. The molecule has 0 spiro atoms. The largest absolute Gasteiger partial charge is 0.384 e. The number of aromatic amines is 1. The molecule has 22 heavy (non-hydrogen) atoms. The maximum Gasteiger partial charge on any atom is 0.116 e. The quantitative estimate of drug-likeness (QED) is 0.756. The summed E-state index contributed by atoms with van der Waals surface area (Å²) in [6.07, 6.45) is 2.21. The molecule has 1 unspecified atom stereocenters. The van der Waals surface area contributed by atoms with Crippen LogP contribution in [0, 0.1) is 6.92 Å². The molecule has 0 radical (unpaired) electrons. The van der Waals surface area contributed by atoms with Crippen LogP contribution in [-0.4, -0.2) is 21.5 Å². The van der Waals surface area contributed by atoms with Crippen molar-refractivity contribution in [1.29, 1.82) is 0 Å². The first-order valence-corrected chi connectivity index (χ1v) is 7.90. The van der Waals surface area contributed by atoms with Crippen molar-refractivity contribution in [3.05, 3.63) is 53.1 Å². The zero-order valence-electron chi connectivity index (χ0n) is 13.0. The van der Waals surface area contributed by atoms with E-state index in [4.69, 9.17) is 9.97 Å². The average Bonchev–Trinajstić information content (AvgIpc) is 2.96. The second kappa shape index (κ2) is 5.13. The van der Waals surface area contributed by atoms with Crippen molar-refractivity contribution >= 4 is 16.7 Å². The smallest absolute Gasteiger partial charge is 0.116 e. The number of anilines is 1.